The molecule has 0 radical (unpaired) electrons. The molecule has 20 heavy (non-hydrogen) atoms. The fourth-order valence-corrected chi connectivity index (χ4v) is 4.36. The second-order valence-corrected chi connectivity index (χ2v) is 7.05. The van der Waals surface area contributed by atoms with E-state index in [1.807, 2.05) is 0 Å². The van der Waals surface area contributed by atoms with E-state index in [9.17, 15) is 0 Å². The summed E-state index contributed by atoms with van der Waals surface area (Å²) >= 11 is 3.45. The number of aliphatic hydroxyl groups excluding tert-OH is 1. The summed E-state index contributed by atoms with van der Waals surface area (Å²) in [7, 11) is 0. The second-order valence-electron chi connectivity index (χ2n) is 5.41. The van der Waals surface area contributed by atoms with Gasteiger partial charge >= 0.3 is 0 Å². The zero-order valence-corrected chi connectivity index (χ0v) is 13.1. The van der Waals surface area contributed by atoms with E-state index in [1.165, 1.54) is 24.1 Å². The van der Waals surface area contributed by atoms with Gasteiger partial charge in [-0.1, -0.05) is 0 Å². The Morgan fingerprint density at radius 1 is 1.40 bits per heavy atom. The summed E-state index contributed by atoms with van der Waals surface area (Å²) < 4.78 is 0. The summed E-state index contributed by atoms with van der Waals surface area (Å²) in [5.74, 6) is 0.656. The third-order valence-corrected chi connectivity index (χ3v) is 5.47. The highest BCUT2D eigenvalue weighted by atomic mass is 32.1. The van der Waals surface area contributed by atoms with Crippen molar-refractivity contribution in [3.8, 4) is 10.6 Å². The van der Waals surface area contributed by atoms with Crippen molar-refractivity contribution in [1.29, 1.82) is 0 Å². The first-order valence-corrected chi connectivity index (χ1v) is 8.97. The van der Waals surface area contributed by atoms with Crippen LogP contribution in [0.3, 0.4) is 0 Å². The van der Waals surface area contributed by atoms with Crippen LogP contribution in [-0.4, -0.2) is 34.7 Å². The van der Waals surface area contributed by atoms with Crippen LogP contribution >= 0.6 is 22.7 Å². The van der Waals surface area contributed by atoms with Crippen molar-refractivity contribution in [2.75, 3.05) is 19.7 Å². The Hall–Kier alpha value is -0.750. The van der Waals surface area contributed by atoms with Crippen LogP contribution in [0.2, 0.25) is 0 Å². The van der Waals surface area contributed by atoms with E-state index < -0.39 is 0 Å². The van der Waals surface area contributed by atoms with Gasteiger partial charge in [0.15, 0.2) is 0 Å². The minimum absolute atomic E-state index is 0.317. The number of piperidine rings is 1. The summed E-state index contributed by atoms with van der Waals surface area (Å²) in [5, 5.41) is 16.6. The van der Waals surface area contributed by atoms with Gasteiger partial charge in [0.25, 0.3) is 0 Å². The maximum absolute atomic E-state index is 9.08. The molecule has 1 atom stereocenters. The van der Waals surface area contributed by atoms with Crippen LogP contribution in [-0.2, 0) is 6.54 Å². The van der Waals surface area contributed by atoms with Gasteiger partial charge in [0.05, 0.1) is 5.69 Å². The Kier molecular flexibility index (Phi) is 4.83. The molecule has 0 saturated carbocycles. The lowest BCUT2D eigenvalue weighted by Gasteiger charge is -2.31. The first-order chi connectivity index (χ1) is 9.85. The van der Waals surface area contributed by atoms with Gasteiger partial charge in [0.1, 0.15) is 5.01 Å². The predicted molar refractivity (Wildman–Crippen MR) is 85.1 cm³/mol. The average molecular weight is 308 g/mol. The molecule has 1 aliphatic rings. The Labute approximate surface area is 127 Å². The number of hydrogen-bond donors (Lipinski definition) is 1. The van der Waals surface area contributed by atoms with Gasteiger partial charge in [0.2, 0.25) is 0 Å². The molecule has 1 N–H and O–H groups in total. The average Bonchev–Trinajstić information content (AvgIpc) is 3.10. The van der Waals surface area contributed by atoms with E-state index in [0.717, 1.165) is 31.1 Å². The normalized spacial score (nSPS) is 20.4. The molecule has 5 heteroatoms. The van der Waals surface area contributed by atoms with Crippen LogP contribution in [0.25, 0.3) is 10.6 Å². The van der Waals surface area contributed by atoms with Crippen molar-refractivity contribution in [1.82, 2.24) is 9.88 Å². The summed E-state index contributed by atoms with van der Waals surface area (Å²) in [6.07, 6.45) is 3.44. The predicted octanol–water partition coefficient (Wildman–Crippen LogP) is 3.47. The number of aliphatic hydroxyl groups is 1. The number of thiophene rings is 1. The third-order valence-electron chi connectivity index (χ3n) is 3.85. The van der Waals surface area contributed by atoms with Crippen molar-refractivity contribution in [2.24, 2.45) is 5.92 Å². The number of aromatic nitrogens is 1. The van der Waals surface area contributed by atoms with Crippen LogP contribution in [0.4, 0.5) is 0 Å². The minimum Gasteiger partial charge on any atom is -0.396 e. The van der Waals surface area contributed by atoms with Crippen molar-refractivity contribution in [3.63, 3.8) is 0 Å². The smallest absolute Gasteiger partial charge is 0.124 e. The number of likely N-dealkylation sites (tertiary alicyclic amines) is 1. The highest BCUT2D eigenvalue weighted by Crippen LogP contribution is 2.27. The van der Waals surface area contributed by atoms with Gasteiger partial charge < -0.3 is 5.11 Å². The summed E-state index contributed by atoms with van der Waals surface area (Å²) in [5.41, 5.74) is 2.42. The number of hydrogen-bond acceptors (Lipinski definition) is 5. The molecule has 3 heterocycles. The van der Waals surface area contributed by atoms with E-state index in [0.29, 0.717) is 12.5 Å². The van der Waals surface area contributed by atoms with Gasteiger partial charge in [-0.2, -0.15) is 11.3 Å². The molecule has 1 aliphatic heterocycles. The highest BCUT2D eigenvalue weighted by molar-refractivity contribution is 7.14. The molecule has 1 fully saturated rings. The van der Waals surface area contributed by atoms with Gasteiger partial charge in [0, 0.05) is 36.0 Å². The Morgan fingerprint density at radius 2 is 2.35 bits per heavy atom. The van der Waals surface area contributed by atoms with Crippen LogP contribution in [0.15, 0.2) is 22.2 Å². The maximum atomic E-state index is 9.08. The maximum Gasteiger partial charge on any atom is 0.124 e. The molecule has 3 nitrogen and oxygen atoms in total. The van der Waals surface area contributed by atoms with Gasteiger partial charge in [-0.05, 0) is 43.2 Å². The van der Waals surface area contributed by atoms with E-state index in [2.05, 4.69) is 27.1 Å². The number of nitrogens with zero attached hydrogens (tertiary/aromatic N) is 2. The first kappa shape index (κ1) is 14.2. The topological polar surface area (TPSA) is 36.4 Å². The molecule has 1 unspecified atom stereocenters. The summed E-state index contributed by atoms with van der Waals surface area (Å²) in [4.78, 5) is 7.23. The van der Waals surface area contributed by atoms with E-state index in [4.69, 9.17) is 10.1 Å². The Bertz CT molecular complexity index is 522. The largest absolute Gasteiger partial charge is 0.396 e. The van der Waals surface area contributed by atoms with E-state index >= 15 is 0 Å². The second kappa shape index (κ2) is 6.80. The van der Waals surface area contributed by atoms with Crippen molar-refractivity contribution in [2.45, 2.75) is 25.8 Å². The lowest BCUT2D eigenvalue weighted by Crippen LogP contribution is -2.35. The summed E-state index contributed by atoms with van der Waals surface area (Å²) in [6, 6.07) is 2.13. The molecule has 2 aromatic rings. The van der Waals surface area contributed by atoms with Crippen LogP contribution < -0.4 is 0 Å². The lowest BCUT2D eigenvalue weighted by atomic mass is 9.95. The van der Waals surface area contributed by atoms with E-state index in [-0.39, 0.29) is 0 Å². The molecule has 0 aliphatic carbocycles. The molecule has 3 rings (SSSR count). The quantitative estimate of drug-likeness (QED) is 0.919. The number of rotatable bonds is 5. The van der Waals surface area contributed by atoms with Crippen molar-refractivity contribution >= 4 is 22.7 Å². The molecular weight excluding hydrogens is 288 g/mol. The third kappa shape index (κ3) is 3.47. The molecular formula is C15H20N2OS2. The fraction of sp³-hybridized carbons (Fsp3) is 0.533. The molecule has 0 bridgehead atoms. The SMILES string of the molecule is OCCC1CCCN(Cc2csc(-c3ccsc3)n2)C1. The Balaban J connectivity index is 1.60. The monoisotopic (exact) mass is 308 g/mol. The van der Waals surface area contributed by atoms with Crippen LogP contribution in [0.1, 0.15) is 25.0 Å². The molecule has 0 spiro atoms. The van der Waals surface area contributed by atoms with Crippen molar-refractivity contribution < 1.29 is 5.11 Å². The first-order valence-electron chi connectivity index (χ1n) is 7.15. The van der Waals surface area contributed by atoms with Crippen LogP contribution in [0.5, 0.6) is 0 Å². The van der Waals surface area contributed by atoms with Crippen LogP contribution in [0, 0.1) is 5.92 Å². The lowest BCUT2D eigenvalue weighted by molar-refractivity contribution is 0.141. The minimum atomic E-state index is 0.317. The van der Waals surface area contributed by atoms with Crippen molar-refractivity contribution in [3.05, 3.63) is 27.9 Å². The molecule has 2 aromatic heterocycles. The Morgan fingerprint density at radius 3 is 3.15 bits per heavy atom. The highest BCUT2D eigenvalue weighted by Gasteiger charge is 2.20. The molecule has 0 aromatic carbocycles. The van der Waals surface area contributed by atoms with Gasteiger partial charge in [-0.3, -0.25) is 4.90 Å². The van der Waals surface area contributed by atoms with Gasteiger partial charge in [-0.25, -0.2) is 4.98 Å². The summed E-state index contributed by atoms with van der Waals surface area (Å²) in [6.45, 7) is 3.53. The standard InChI is InChI=1S/C15H20N2OS2/c18-6-3-12-2-1-5-17(8-12)9-14-11-20-15(16-14)13-4-7-19-10-13/h4,7,10-12,18H,1-3,5-6,8-9H2. The van der Waals surface area contributed by atoms with E-state index in [1.54, 1.807) is 22.7 Å². The fourth-order valence-electron chi connectivity index (χ4n) is 2.84. The number of thiazole rings is 1. The zero-order valence-electron chi connectivity index (χ0n) is 11.5. The molecule has 0 amide bonds. The van der Waals surface area contributed by atoms with Gasteiger partial charge in [-0.15, -0.1) is 11.3 Å². The molecule has 108 valence electrons. The molecule has 1 saturated heterocycles. The zero-order chi connectivity index (χ0) is 13.8.